The number of hydrogen-bond acceptors (Lipinski definition) is 9. The van der Waals surface area contributed by atoms with Crippen molar-refractivity contribution < 1.29 is 4.74 Å². The maximum absolute atomic E-state index is 9.57. The van der Waals surface area contributed by atoms with Crippen LogP contribution in [0, 0.1) is 11.3 Å². The SMILES string of the molecule is [B]c1nc2c(C#N)ccc(N3C[C@H](CN4CCN(c5ccc6c(n5)CN[C@@H]6C)CC4)O[C@H](C)C3)c2nc1[B]. The maximum Gasteiger partial charge on any atom is 0.143 e. The molecule has 3 aliphatic rings. The first kappa shape index (κ1) is 25.1. The standard InChI is InChI=1S/C27H30B2N8O/c1-16-13-37(22-5-3-18(11-30)24-25(22)34-27(29)26(28)33-24)15-19(38-16)14-35-7-9-36(10-8-35)23-6-4-20-17(2)31-12-21(20)32-23/h3-6,16-17,19,31H,7-10,12-15H2,1-2H3/t16-,17-,19+/m1/s1. The molecule has 5 heterocycles. The monoisotopic (exact) mass is 504 g/mol. The fourth-order valence-electron chi connectivity index (χ4n) is 5.86. The lowest BCUT2D eigenvalue weighted by Gasteiger charge is -2.42. The number of aromatic nitrogens is 3. The van der Waals surface area contributed by atoms with Crippen LogP contribution in [0.2, 0.25) is 0 Å². The van der Waals surface area contributed by atoms with Gasteiger partial charge in [0.2, 0.25) is 0 Å². The molecule has 1 N–H and O–H groups in total. The van der Waals surface area contributed by atoms with Crippen LogP contribution in [-0.2, 0) is 11.3 Å². The van der Waals surface area contributed by atoms with Crippen molar-refractivity contribution in [2.75, 3.05) is 55.6 Å². The molecule has 3 atom stereocenters. The number of ether oxygens (including phenoxy) is 1. The number of nitrogens with one attached hydrogen (secondary N) is 1. The molecule has 3 aromatic rings. The van der Waals surface area contributed by atoms with Crippen LogP contribution in [0.5, 0.6) is 0 Å². The predicted molar refractivity (Wildman–Crippen MR) is 150 cm³/mol. The highest BCUT2D eigenvalue weighted by atomic mass is 16.5. The van der Waals surface area contributed by atoms with E-state index in [9.17, 15) is 5.26 Å². The Bertz CT molecular complexity index is 1400. The Hall–Kier alpha value is -3.19. The zero-order chi connectivity index (χ0) is 26.4. The molecule has 0 spiro atoms. The van der Waals surface area contributed by atoms with Crippen LogP contribution < -0.4 is 26.3 Å². The van der Waals surface area contributed by atoms with Crippen LogP contribution in [0.1, 0.15) is 36.7 Å². The van der Waals surface area contributed by atoms with Crippen LogP contribution in [-0.4, -0.2) is 93.6 Å². The molecule has 11 heteroatoms. The first-order valence-electron chi connectivity index (χ1n) is 13.3. The van der Waals surface area contributed by atoms with Crippen molar-refractivity contribution >= 4 is 49.4 Å². The normalized spacial score (nSPS) is 24.0. The lowest BCUT2D eigenvalue weighted by atomic mass is 9.90. The van der Waals surface area contributed by atoms with E-state index in [0.29, 0.717) is 29.2 Å². The van der Waals surface area contributed by atoms with Gasteiger partial charge < -0.3 is 19.9 Å². The molecule has 0 unspecified atom stereocenters. The summed E-state index contributed by atoms with van der Waals surface area (Å²) >= 11 is 0. The second-order valence-electron chi connectivity index (χ2n) is 10.5. The summed E-state index contributed by atoms with van der Waals surface area (Å²) in [6, 6.07) is 10.7. The second-order valence-corrected chi connectivity index (χ2v) is 10.5. The molecule has 0 aliphatic carbocycles. The summed E-state index contributed by atoms with van der Waals surface area (Å²) in [6.45, 7) is 11.2. The maximum atomic E-state index is 9.57. The van der Waals surface area contributed by atoms with Crippen LogP contribution in [0.3, 0.4) is 0 Å². The Morgan fingerprint density at radius 1 is 0.974 bits per heavy atom. The van der Waals surface area contributed by atoms with Crippen molar-refractivity contribution in [2.24, 2.45) is 0 Å². The summed E-state index contributed by atoms with van der Waals surface area (Å²) in [7, 11) is 11.9. The molecule has 2 saturated heterocycles. The Morgan fingerprint density at radius 2 is 1.74 bits per heavy atom. The van der Waals surface area contributed by atoms with Crippen LogP contribution in [0.25, 0.3) is 11.0 Å². The van der Waals surface area contributed by atoms with Crippen molar-refractivity contribution in [2.45, 2.75) is 38.6 Å². The van der Waals surface area contributed by atoms with E-state index in [1.165, 1.54) is 11.3 Å². The van der Waals surface area contributed by atoms with Crippen molar-refractivity contribution in [1.82, 2.24) is 25.2 Å². The van der Waals surface area contributed by atoms with Gasteiger partial charge in [-0.05, 0) is 48.8 Å². The van der Waals surface area contributed by atoms with Gasteiger partial charge in [0.1, 0.15) is 38.6 Å². The highest BCUT2D eigenvalue weighted by molar-refractivity contribution is 6.46. The van der Waals surface area contributed by atoms with Gasteiger partial charge in [0.25, 0.3) is 0 Å². The highest BCUT2D eigenvalue weighted by Crippen LogP contribution is 2.29. The van der Waals surface area contributed by atoms with E-state index in [1.54, 1.807) is 6.07 Å². The molecular weight excluding hydrogens is 474 g/mol. The van der Waals surface area contributed by atoms with E-state index in [2.05, 4.69) is 62.0 Å². The summed E-state index contributed by atoms with van der Waals surface area (Å²) < 4.78 is 6.36. The second kappa shape index (κ2) is 10.2. The fourth-order valence-corrected chi connectivity index (χ4v) is 5.86. The fraction of sp³-hybridized carbons (Fsp3) is 0.481. The molecule has 1 aromatic carbocycles. The zero-order valence-corrected chi connectivity index (χ0v) is 21.9. The first-order chi connectivity index (χ1) is 18.4. The molecule has 2 fully saturated rings. The summed E-state index contributed by atoms with van der Waals surface area (Å²) in [6.07, 6.45) is 0.0900. The van der Waals surface area contributed by atoms with E-state index in [0.717, 1.165) is 57.3 Å². The van der Waals surface area contributed by atoms with E-state index in [1.807, 2.05) is 6.07 Å². The minimum Gasteiger partial charge on any atom is -0.370 e. The molecule has 2 aromatic heterocycles. The van der Waals surface area contributed by atoms with Gasteiger partial charge in [0.05, 0.1) is 29.2 Å². The lowest BCUT2D eigenvalue weighted by Crippen LogP contribution is -2.54. The van der Waals surface area contributed by atoms with E-state index < -0.39 is 0 Å². The van der Waals surface area contributed by atoms with Gasteiger partial charge in [-0.2, -0.15) is 5.26 Å². The number of morpholine rings is 1. The Balaban J connectivity index is 1.13. The van der Waals surface area contributed by atoms with Crippen molar-refractivity contribution in [3.05, 3.63) is 41.1 Å². The van der Waals surface area contributed by atoms with E-state index in [-0.39, 0.29) is 23.4 Å². The Kier molecular flexibility index (Phi) is 6.72. The van der Waals surface area contributed by atoms with Gasteiger partial charge in [-0.25, -0.2) is 4.98 Å². The zero-order valence-electron chi connectivity index (χ0n) is 21.9. The third kappa shape index (κ3) is 4.73. The highest BCUT2D eigenvalue weighted by Gasteiger charge is 2.30. The lowest BCUT2D eigenvalue weighted by molar-refractivity contribution is -0.0327. The molecule has 0 bridgehead atoms. The van der Waals surface area contributed by atoms with Crippen molar-refractivity contribution in [3.63, 3.8) is 0 Å². The quantitative estimate of drug-likeness (QED) is 0.496. The number of benzene rings is 1. The average Bonchev–Trinajstić information content (AvgIpc) is 3.29. The number of anilines is 2. The smallest absolute Gasteiger partial charge is 0.143 e. The summed E-state index contributed by atoms with van der Waals surface area (Å²) in [5.41, 5.74) is 5.21. The molecule has 4 radical (unpaired) electrons. The Morgan fingerprint density at radius 3 is 2.50 bits per heavy atom. The third-order valence-electron chi connectivity index (χ3n) is 7.84. The predicted octanol–water partition coefficient (Wildman–Crippen LogP) is 0.0642. The minimum atomic E-state index is 0.0424. The van der Waals surface area contributed by atoms with Crippen LogP contribution >= 0.6 is 0 Å². The minimum absolute atomic E-state index is 0.0424. The van der Waals surface area contributed by atoms with Crippen molar-refractivity contribution in [3.8, 4) is 6.07 Å². The van der Waals surface area contributed by atoms with Gasteiger partial charge >= 0.3 is 0 Å². The number of piperazine rings is 1. The van der Waals surface area contributed by atoms with Gasteiger partial charge in [-0.1, -0.05) is 6.07 Å². The summed E-state index contributed by atoms with van der Waals surface area (Å²) in [5.74, 6) is 1.07. The third-order valence-corrected chi connectivity index (χ3v) is 7.84. The largest absolute Gasteiger partial charge is 0.370 e. The molecule has 0 saturated carbocycles. The average molecular weight is 504 g/mol. The number of fused-ring (bicyclic) bond motifs is 2. The topological polar surface area (TPSA) is 93.4 Å². The van der Waals surface area contributed by atoms with E-state index >= 15 is 0 Å². The first-order valence-corrected chi connectivity index (χ1v) is 13.3. The van der Waals surface area contributed by atoms with Crippen LogP contribution in [0.4, 0.5) is 11.5 Å². The molecule has 0 amide bonds. The summed E-state index contributed by atoms with van der Waals surface area (Å²) in [4.78, 5) is 21.0. The van der Waals surface area contributed by atoms with Gasteiger partial charge in [-0.15, -0.1) is 0 Å². The number of nitrogens with zero attached hydrogens (tertiary/aromatic N) is 7. The number of hydrogen-bond donors (Lipinski definition) is 1. The van der Waals surface area contributed by atoms with Gasteiger partial charge in [0, 0.05) is 58.4 Å². The van der Waals surface area contributed by atoms with Gasteiger partial charge in [-0.3, -0.25) is 14.9 Å². The number of nitriles is 1. The molecule has 6 rings (SSSR count). The summed E-state index contributed by atoms with van der Waals surface area (Å²) in [5, 5.41) is 13.0. The van der Waals surface area contributed by atoms with Crippen LogP contribution in [0.15, 0.2) is 24.3 Å². The Labute approximate surface area is 226 Å². The number of pyridine rings is 1. The molecule has 38 heavy (non-hydrogen) atoms. The molecule has 190 valence electrons. The molecule has 9 nitrogen and oxygen atoms in total. The van der Waals surface area contributed by atoms with E-state index in [4.69, 9.17) is 25.4 Å². The van der Waals surface area contributed by atoms with Gasteiger partial charge in [0.15, 0.2) is 0 Å². The molecule has 3 aliphatic heterocycles. The van der Waals surface area contributed by atoms with Crippen molar-refractivity contribution in [1.29, 1.82) is 5.26 Å². The molecular formula is C27H30B2N8O. The number of rotatable bonds is 4.